The summed E-state index contributed by atoms with van der Waals surface area (Å²) in [5, 5.41) is 2.40. The highest BCUT2D eigenvalue weighted by molar-refractivity contribution is 7.12. The number of nitrogens with two attached hydrogens (primary N) is 1. The van der Waals surface area contributed by atoms with Crippen molar-refractivity contribution in [2.45, 2.75) is 31.8 Å². The molecule has 1 aliphatic heterocycles. The molecule has 88 valence electrons. The molecule has 0 aliphatic carbocycles. The minimum absolute atomic E-state index is 0.0411. The lowest BCUT2D eigenvalue weighted by molar-refractivity contribution is 0.0624. The van der Waals surface area contributed by atoms with E-state index in [4.69, 9.17) is 17.3 Å². The van der Waals surface area contributed by atoms with Gasteiger partial charge in [-0.3, -0.25) is 4.79 Å². The molecule has 16 heavy (non-hydrogen) atoms. The topological polar surface area (TPSA) is 46.3 Å². The summed E-state index contributed by atoms with van der Waals surface area (Å²) in [5.74, 6) is 0.0411. The van der Waals surface area contributed by atoms with Crippen LogP contribution in [0.25, 0.3) is 0 Å². The Bertz CT molecular complexity index is 393. The van der Waals surface area contributed by atoms with Crippen LogP contribution in [-0.2, 0) is 0 Å². The first-order valence-corrected chi connectivity index (χ1v) is 6.65. The van der Waals surface area contributed by atoms with Crippen molar-refractivity contribution in [3.63, 3.8) is 0 Å². The van der Waals surface area contributed by atoms with Gasteiger partial charge in [0.2, 0.25) is 0 Å². The average Bonchev–Trinajstić information content (AvgIpc) is 2.63. The van der Waals surface area contributed by atoms with Crippen LogP contribution in [0.3, 0.4) is 0 Å². The second kappa shape index (κ2) is 4.73. The standard InChI is InChI=1S/C11H15ClN2OS/c1-7-6-8(13)2-4-14(7)11(15)10-9(12)3-5-16-10/h3,5,7-8H,2,4,6,13H2,1H3. The summed E-state index contributed by atoms with van der Waals surface area (Å²) in [6.45, 7) is 2.77. The molecular formula is C11H15ClN2OS. The number of nitrogens with zero attached hydrogens (tertiary/aromatic N) is 1. The van der Waals surface area contributed by atoms with Gasteiger partial charge in [-0.1, -0.05) is 11.6 Å². The number of carbonyl (C=O) groups excluding carboxylic acids is 1. The second-order valence-corrected chi connectivity index (χ2v) is 5.55. The third kappa shape index (κ3) is 2.24. The molecule has 0 saturated carbocycles. The summed E-state index contributed by atoms with van der Waals surface area (Å²) in [7, 11) is 0. The SMILES string of the molecule is CC1CC(N)CCN1C(=O)c1sccc1Cl. The number of carbonyl (C=O) groups is 1. The number of hydrogen-bond acceptors (Lipinski definition) is 3. The van der Waals surface area contributed by atoms with Crippen molar-refractivity contribution in [1.82, 2.24) is 4.90 Å². The number of amides is 1. The quantitative estimate of drug-likeness (QED) is 0.841. The average molecular weight is 259 g/mol. The predicted molar refractivity (Wildman–Crippen MR) is 67.0 cm³/mol. The summed E-state index contributed by atoms with van der Waals surface area (Å²) in [6.07, 6.45) is 1.74. The number of likely N-dealkylation sites (tertiary alicyclic amines) is 1. The van der Waals surface area contributed by atoms with Gasteiger partial charge < -0.3 is 10.6 Å². The zero-order chi connectivity index (χ0) is 11.7. The third-order valence-electron chi connectivity index (χ3n) is 2.99. The van der Waals surface area contributed by atoms with Crippen LogP contribution >= 0.6 is 22.9 Å². The monoisotopic (exact) mass is 258 g/mol. The normalized spacial score (nSPS) is 25.8. The lowest BCUT2D eigenvalue weighted by Gasteiger charge is -2.36. The highest BCUT2D eigenvalue weighted by Crippen LogP contribution is 2.26. The maximum absolute atomic E-state index is 12.2. The molecule has 1 aromatic rings. The largest absolute Gasteiger partial charge is 0.335 e. The first kappa shape index (κ1) is 11.9. The molecule has 1 aliphatic rings. The molecule has 2 heterocycles. The van der Waals surface area contributed by atoms with E-state index in [0.29, 0.717) is 9.90 Å². The number of thiophene rings is 1. The number of hydrogen-bond donors (Lipinski definition) is 1. The summed E-state index contributed by atoms with van der Waals surface area (Å²) in [6, 6.07) is 2.19. The molecule has 3 nitrogen and oxygen atoms in total. The Kier molecular flexibility index (Phi) is 3.52. The molecule has 1 amide bonds. The zero-order valence-corrected chi connectivity index (χ0v) is 10.7. The maximum Gasteiger partial charge on any atom is 0.265 e. The van der Waals surface area contributed by atoms with Crippen molar-refractivity contribution in [2.24, 2.45) is 5.73 Å². The summed E-state index contributed by atoms with van der Waals surface area (Å²) < 4.78 is 0. The van der Waals surface area contributed by atoms with E-state index in [0.717, 1.165) is 19.4 Å². The Morgan fingerprint density at radius 2 is 2.44 bits per heavy atom. The van der Waals surface area contributed by atoms with Crippen molar-refractivity contribution in [3.8, 4) is 0 Å². The van der Waals surface area contributed by atoms with Crippen molar-refractivity contribution in [1.29, 1.82) is 0 Å². The van der Waals surface area contributed by atoms with Crippen molar-refractivity contribution in [3.05, 3.63) is 21.3 Å². The van der Waals surface area contributed by atoms with Gasteiger partial charge >= 0.3 is 0 Å². The van der Waals surface area contributed by atoms with E-state index >= 15 is 0 Å². The molecule has 0 spiro atoms. The third-order valence-corrected chi connectivity index (χ3v) is 4.32. The van der Waals surface area contributed by atoms with Crippen LogP contribution in [0.15, 0.2) is 11.4 Å². The summed E-state index contributed by atoms with van der Waals surface area (Å²) >= 11 is 7.37. The highest BCUT2D eigenvalue weighted by atomic mass is 35.5. The minimum atomic E-state index is 0.0411. The fourth-order valence-corrected chi connectivity index (χ4v) is 3.18. The second-order valence-electron chi connectivity index (χ2n) is 4.23. The molecule has 5 heteroatoms. The van der Waals surface area contributed by atoms with Crippen molar-refractivity contribution in [2.75, 3.05) is 6.54 Å². The molecule has 1 aromatic heterocycles. The smallest absolute Gasteiger partial charge is 0.265 e. The van der Waals surface area contributed by atoms with Crippen LogP contribution in [0.1, 0.15) is 29.4 Å². The van der Waals surface area contributed by atoms with Gasteiger partial charge in [0.15, 0.2) is 0 Å². The fraction of sp³-hybridized carbons (Fsp3) is 0.545. The zero-order valence-electron chi connectivity index (χ0n) is 9.15. The van der Waals surface area contributed by atoms with E-state index in [-0.39, 0.29) is 18.0 Å². The Morgan fingerprint density at radius 3 is 3.00 bits per heavy atom. The molecule has 1 fully saturated rings. The van der Waals surface area contributed by atoms with Gasteiger partial charge in [-0.05, 0) is 31.2 Å². The maximum atomic E-state index is 12.2. The predicted octanol–water partition coefficient (Wildman–Crippen LogP) is 2.35. The van der Waals surface area contributed by atoms with Gasteiger partial charge in [-0.25, -0.2) is 0 Å². The Hall–Kier alpha value is -0.580. The lowest BCUT2D eigenvalue weighted by Crippen LogP contribution is -2.48. The van der Waals surface area contributed by atoms with E-state index in [1.54, 1.807) is 6.07 Å². The first-order chi connectivity index (χ1) is 7.59. The fourth-order valence-electron chi connectivity index (χ4n) is 2.09. The van der Waals surface area contributed by atoms with Crippen molar-refractivity contribution < 1.29 is 4.79 Å². The van der Waals surface area contributed by atoms with E-state index in [1.165, 1.54) is 11.3 Å². The Balaban J connectivity index is 2.14. The molecule has 2 atom stereocenters. The van der Waals surface area contributed by atoms with Crippen LogP contribution in [0.5, 0.6) is 0 Å². The Labute approximate surface area is 104 Å². The molecule has 1 saturated heterocycles. The molecule has 2 rings (SSSR count). The van der Waals surface area contributed by atoms with Gasteiger partial charge in [0.1, 0.15) is 4.88 Å². The van der Waals surface area contributed by atoms with Gasteiger partial charge in [0, 0.05) is 18.6 Å². The van der Waals surface area contributed by atoms with Gasteiger partial charge in [-0.2, -0.15) is 0 Å². The van der Waals surface area contributed by atoms with Gasteiger partial charge in [0.25, 0.3) is 5.91 Å². The highest BCUT2D eigenvalue weighted by Gasteiger charge is 2.29. The van der Waals surface area contributed by atoms with E-state index in [2.05, 4.69) is 0 Å². The van der Waals surface area contributed by atoms with Gasteiger partial charge in [0.05, 0.1) is 5.02 Å². The Morgan fingerprint density at radius 1 is 1.69 bits per heavy atom. The summed E-state index contributed by atoms with van der Waals surface area (Å²) in [5.41, 5.74) is 5.87. The molecule has 2 unspecified atom stereocenters. The number of halogens is 1. The van der Waals surface area contributed by atoms with E-state index < -0.39 is 0 Å². The number of piperidine rings is 1. The first-order valence-electron chi connectivity index (χ1n) is 5.39. The molecule has 0 bridgehead atoms. The van der Waals surface area contributed by atoms with Crippen LogP contribution in [0.4, 0.5) is 0 Å². The molecule has 0 aromatic carbocycles. The molecular weight excluding hydrogens is 244 g/mol. The van der Waals surface area contributed by atoms with Crippen molar-refractivity contribution >= 4 is 28.8 Å². The van der Waals surface area contributed by atoms with Crippen LogP contribution in [0.2, 0.25) is 5.02 Å². The molecule has 2 N–H and O–H groups in total. The number of rotatable bonds is 1. The van der Waals surface area contributed by atoms with Crippen LogP contribution in [0, 0.1) is 0 Å². The van der Waals surface area contributed by atoms with Gasteiger partial charge in [-0.15, -0.1) is 11.3 Å². The lowest BCUT2D eigenvalue weighted by atomic mass is 9.99. The van der Waals surface area contributed by atoms with E-state index in [9.17, 15) is 4.79 Å². The van der Waals surface area contributed by atoms with Crippen LogP contribution in [-0.4, -0.2) is 29.4 Å². The molecule has 0 radical (unpaired) electrons. The summed E-state index contributed by atoms with van der Waals surface area (Å²) in [4.78, 5) is 14.7. The van der Waals surface area contributed by atoms with E-state index in [1.807, 2.05) is 17.2 Å². The van der Waals surface area contributed by atoms with Crippen LogP contribution < -0.4 is 5.73 Å². The minimum Gasteiger partial charge on any atom is -0.335 e.